The van der Waals surface area contributed by atoms with Gasteiger partial charge in [0.1, 0.15) is 5.58 Å². The van der Waals surface area contributed by atoms with E-state index in [9.17, 15) is 4.79 Å². The number of furan rings is 1. The zero-order chi connectivity index (χ0) is 16.2. The van der Waals surface area contributed by atoms with E-state index in [2.05, 4.69) is 10.2 Å². The van der Waals surface area contributed by atoms with Crippen LogP contribution in [0.5, 0.6) is 0 Å². The number of hydrogen-bond donors (Lipinski definition) is 1. The van der Waals surface area contributed by atoms with E-state index in [1.165, 1.54) is 0 Å². The molecule has 0 aliphatic heterocycles. The van der Waals surface area contributed by atoms with Gasteiger partial charge in [-0.3, -0.25) is 4.79 Å². The highest BCUT2D eigenvalue weighted by Gasteiger charge is 2.12. The second-order valence-corrected chi connectivity index (χ2v) is 5.66. The molecule has 0 aliphatic rings. The summed E-state index contributed by atoms with van der Waals surface area (Å²) >= 11 is 0. The third kappa shape index (κ3) is 3.54. The molecule has 3 aromatic rings. The molecule has 4 nitrogen and oxygen atoms in total. The molecule has 4 heteroatoms. The second kappa shape index (κ2) is 6.57. The number of fused-ring (bicyclic) bond motifs is 1. The number of carbonyl (C=O) groups is 1. The lowest BCUT2D eigenvalue weighted by atomic mass is 10.2. The Balaban J connectivity index is 1.58. The Kier molecular flexibility index (Phi) is 4.33. The van der Waals surface area contributed by atoms with E-state index in [1.807, 2.05) is 62.5 Å². The molecular weight excluding hydrogens is 288 g/mol. The lowest BCUT2D eigenvalue weighted by Crippen LogP contribution is -2.32. The summed E-state index contributed by atoms with van der Waals surface area (Å²) in [6, 6.07) is 17.8. The van der Waals surface area contributed by atoms with Crippen LogP contribution in [0.2, 0.25) is 0 Å². The molecule has 2 aromatic carbocycles. The third-order valence-corrected chi connectivity index (χ3v) is 3.83. The van der Waals surface area contributed by atoms with Crippen molar-refractivity contribution in [3.63, 3.8) is 0 Å². The first kappa shape index (κ1) is 15.2. The second-order valence-electron chi connectivity index (χ2n) is 5.66. The van der Waals surface area contributed by atoms with Gasteiger partial charge < -0.3 is 14.6 Å². The molecule has 0 unspecified atom stereocenters. The molecule has 0 atom stereocenters. The summed E-state index contributed by atoms with van der Waals surface area (Å²) in [7, 11) is 2.01. The quantitative estimate of drug-likeness (QED) is 0.783. The van der Waals surface area contributed by atoms with E-state index < -0.39 is 0 Å². The number of amides is 1. The van der Waals surface area contributed by atoms with Crippen LogP contribution in [0.1, 0.15) is 16.1 Å². The first-order valence-electron chi connectivity index (χ1n) is 7.68. The van der Waals surface area contributed by atoms with Crippen molar-refractivity contribution in [1.82, 2.24) is 5.32 Å². The van der Waals surface area contributed by atoms with Crippen molar-refractivity contribution in [2.24, 2.45) is 0 Å². The van der Waals surface area contributed by atoms with Crippen LogP contribution in [-0.2, 0) is 0 Å². The van der Waals surface area contributed by atoms with Crippen molar-refractivity contribution in [1.29, 1.82) is 0 Å². The van der Waals surface area contributed by atoms with Gasteiger partial charge in [-0.25, -0.2) is 0 Å². The van der Waals surface area contributed by atoms with Gasteiger partial charge in [-0.2, -0.15) is 0 Å². The zero-order valence-corrected chi connectivity index (χ0v) is 13.4. The maximum absolute atomic E-state index is 12.2. The molecule has 1 heterocycles. The molecule has 1 aromatic heterocycles. The van der Waals surface area contributed by atoms with Crippen LogP contribution >= 0.6 is 0 Å². The van der Waals surface area contributed by atoms with Crippen LogP contribution in [0.25, 0.3) is 11.0 Å². The molecule has 0 fully saturated rings. The highest BCUT2D eigenvalue weighted by atomic mass is 16.3. The number of nitrogens with zero attached hydrogens (tertiary/aromatic N) is 1. The van der Waals surface area contributed by atoms with Crippen molar-refractivity contribution in [2.75, 3.05) is 25.0 Å². The van der Waals surface area contributed by atoms with Gasteiger partial charge in [0.05, 0.1) is 0 Å². The first-order valence-corrected chi connectivity index (χ1v) is 7.68. The van der Waals surface area contributed by atoms with Crippen molar-refractivity contribution < 1.29 is 9.21 Å². The van der Waals surface area contributed by atoms with Gasteiger partial charge >= 0.3 is 0 Å². The fraction of sp³-hybridized carbons (Fsp3) is 0.211. The number of carbonyl (C=O) groups excluding carboxylic acids is 1. The topological polar surface area (TPSA) is 45.5 Å². The normalized spacial score (nSPS) is 10.7. The van der Waals surface area contributed by atoms with Crippen molar-refractivity contribution in [2.45, 2.75) is 6.92 Å². The average Bonchev–Trinajstić information content (AvgIpc) is 2.98. The van der Waals surface area contributed by atoms with E-state index in [0.29, 0.717) is 12.3 Å². The van der Waals surface area contributed by atoms with E-state index in [1.54, 1.807) is 6.07 Å². The lowest BCUT2D eigenvalue weighted by molar-refractivity contribution is 0.0929. The molecule has 0 saturated carbocycles. The van der Waals surface area contributed by atoms with Gasteiger partial charge in [-0.1, -0.05) is 29.8 Å². The molecular formula is C19H20N2O2. The molecule has 0 aliphatic carbocycles. The van der Waals surface area contributed by atoms with Crippen LogP contribution in [0.3, 0.4) is 0 Å². The number of benzene rings is 2. The summed E-state index contributed by atoms with van der Waals surface area (Å²) in [4.78, 5) is 14.3. The predicted molar refractivity (Wildman–Crippen MR) is 93.0 cm³/mol. The average molecular weight is 308 g/mol. The zero-order valence-electron chi connectivity index (χ0n) is 13.4. The number of likely N-dealkylation sites (N-methyl/N-ethyl adjacent to an activating group) is 1. The predicted octanol–water partition coefficient (Wildman–Crippen LogP) is 3.61. The Labute approximate surface area is 135 Å². The molecule has 1 amide bonds. The Bertz CT molecular complexity index is 809. The monoisotopic (exact) mass is 308 g/mol. The SMILES string of the molecule is Cc1ccc2oc(C(=O)NCCN(C)c3ccccc3)cc2c1. The lowest BCUT2D eigenvalue weighted by Gasteiger charge is -2.19. The van der Waals surface area contributed by atoms with Crippen LogP contribution in [-0.4, -0.2) is 26.0 Å². The van der Waals surface area contributed by atoms with E-state index in [4.69, 9.17) is 4.42 Å². The number of hydrogen-bond acceptors (Lipinski definition) is 3. The van der Waals surface area contributed by atoms with Crippen molar-refractivity contribution >= 4 is 22.6 Å². The number of rotatable bonds is 5. The summed E-state index contributed by atoms with van der Waals surface area (Å²) < 4.78 is 5.60. The molecule has 118 valence electrons. The van der Waals surface area contributed by atoms with E-state index >= 15 is 0 Å². The molecule has 0 spiro atoms. The summed E-state index contributed by atoms with van der Waals surface area (Å²) in [5.41, 5.74) is 3.01. The minimum Gasteiger partial charge on any atom is -0.451 e. The Morgan fingerprint density at radius 2 is 1.91 bits per heavy atom. The van der Waals surface area contributed by atoms with Gasteiger partial charge in [0.15, 0.2) is 5.76 Å². The highest BCUT2D eigenvalue weighted by Crippen LogP contribution is 2.20. The fourth-order valence-corrected chi connectivity index (χ4v) is 2.51. The van der Waals surface area contributed by atoms with Gasteiger partial charge in [0, 0.05) is 31.2 Å². The minimum absolute atomic E-state index is 0.180. The molecule has 23 heavy (non-hydrogen) atoms. The molecule has 0 bridgehead atoms. The number of para-hydroxylation sites is 1. The van der Waals surface area contributed by atoms with Crippen LogP contribution < -0.4 is 10.2 Å². The summed E-state index contributed by atoms with van der Waals surface area (Å²) in [6.45, 7) is 3.31. The Morgan fingerprint density at radius 1 is 1.13 bits per heavy atom. The van der Waals surface area contributed by atoms with Crippen molar-refractivity contribution in [3.05, 3.63) is 65.9 Å². The number of anilines is 1. The molecule has 0 radical (unpaired) electrons. The summed E-state index contributed by atoms with van der Waals surface area (Å²) in [5, 5.41) is 3.86. The molecule has 0 saturated heterocycles. The van der Waals surface area contributed by atoms with E-state index in [-0.39, 0.29) is 5.91 Å². The largest absolute Gasteiger partial charge is 0.451 e. The van der Waals surface area contributed by atoms with Crippen LogP contribution in [0, 0.1) is 6.92 Å². The molecule has 3 rings (SSSR count). The summed E-state index contributed by atoms with van der Waals surface area (Å²) in [6.07, 6.45) is 0. The van der Waals surface area contributed by atoms with E-state index in [0.717, 1.165) is 28.8 Å². The number of nitrogens with one attached hydrogen (secondary N) is 1. The highest BCUT2D eigenvalue weighted by molar-refractivity contribution is 5.96. The van der Waals surface area contributed by atoms with Crippen LogP contribution in [0.4, 0.5) is 5.69 Å². The summed E-state index contributed by atoms with van der Waals surface area (Å²) in [5.74, 6) is 0.174. The molecule has 1 N–H and O–H groups in total. The van der Waals surface area contributed by atoms with Gasteiger partial charge in [-0.15, -0.1) is 0 Å². The third-order valence-electron chi connectivity index (χ3n) is 3.83. The Hall–Kier alpha value is -2.75. The van der Waals surface area contributed by atoms with Gasteiger partial charge in [0.2, 0.25) is 0 Å². The smallest absolute Gasteiger partial charge is 0.287 e. The number of aryl methyl sites for hydroxylation is 1. The standard InChI is InChI=1S/C19H20N2O2/c1-14-8-9-17-15(12-14)13-18(23-17)19(22)20-10-11-21(2)16-6-4-3-5-7-16/h3-9,12-13H,10-11H2,1-2H3,(H,20,22). The maximum atomic E-state index is 12.2. The minimum atomic E-state index is -0.180. The van der Waals surface area contributed by atoms with Gasteiger partial charge in [-0.05, 0) is 37.3 Å². The van der Waals surface area contributed by atoms with Crippen molar-refractivity contribution in [3.8, 4) is 0 Å². The Morgan fingerprint density at radius 3 is 2.70 bits per heavy atom. The van der Waals surface area contributed by atoms with Crippen LogP contribution in [0.15, 0.2) is 59.0 Å². The fourth-order valence-electron chi connectivity index (χ4n) is 2.51. The maximum Gasteiger partial charge on any atom is 0.287 e. The van der Waals surface area contributed by atoms with Gasteiger partial charge in [0.25, 0.3) is 5.91 Å². The first-order chi connectivity index (χ1) is 11.1.